The van der Waals surface area contributed by atoms with Gasteiger partial charge in [0.25, 0.3) is 5.91 Å². The highest BCUT2D eigenvalue weighted by molar-refractivity contribution is 6.33. The second-order valence-electron chi connectivity index (χ2n) is 5.16. The first kappa shape index (κ1) is 17.4. The first-order valence-electron chi connectivity index (χ1n) is 7.29. The van der Waals surface area contributed by atoms with Gasteiger partial charge in [0.15, 0.2) is 0 Å². The molecule has 122 valence electrons. The molecular formula is C18H17ClN4O. The molecular weight excluding hydrogens is 324 g/mol. The summed E-state index contributed by atoms with van der Waals surface area (Å²) in [6, 6.07) is 16.2. The van der Waals surface area contributed by atoms with E-state index in [4.69, 9.17) is 17.3 Å². The third-order valence-corrected chi connectivity index (χ3v) is 3.72. The van der Waals surface area contributed by atoms with Gasteiger partial charge in [0, 0.05) is 11.9 Å². The predicted molar refractivity (Wildman–Crippen MR) is 96.2 cm³/mol. The van der Waals surface area contributed by atoms with Gasteiger partial charge < -0.3 is 16.4 Å². The molecule has 1 amide bonds. The van der Waals surface area contributed by atoms with Crippen LogP contribution in [0.2, 0.25) is 5.02 Å². The number of anilines is 2. The minimum absolute atomic E-state index is 0.0364. The highest BCUT2D eigenvalue weighted by Gasteiger charge is 2.13. The van der Waals surface area contributed by atoms with Gasteiger partial charge in [-0.3, -0.25) is 4.79 Å². The molecule has 1 atom stereocenters. The average molecular weight is 341 g/mol. The molecule has 6 heteroatoms. The number of rotatable bonds is 5. The highest BCUT2D eigenvalue weighted by atomic mass is 35.5. The fourth-order valence-electron chi connectivity index (χ4n) is 2.02. The van der Waals surface area contributed by atoms with Crippen molar-refractivity contribution in [3.63, 3.8) is 0 Å². The van der Waals surface area contributed by atoms with Gasteiger partial charge in [-0.1, -0.05) is 41.9 Å². The molecule has 0 radical (unpaired) electrons. The molecule has 0 fully saturated rings. The van der Waals surface area contributed by atoms with Crippen molar-refractivity contribution in [3.8, 4) is 6.07 Å². The summed E-state index contributed by atoms with van der Waals surface area (Å²) in [5.74, 6) is -0.456. The topological polar surface area (TPSA) is 90.9 Å². The van der Waals surface area contributed by atoms with Crippen LogP contribution in [-0.2, 0) is 4.79 Å². The Morgan fingerprint density at radius 1 is 1.29 bits per heavy atom. The van der Waals surface area contributed by atoms with Crippen LogP contribution in [-0.4, -0.2) is 5.91 Å². The molecule has 2 rings (SSSR count). The summed E-state index contributed by atoms with van der Waals surface area (Å²) < 4.78 is 0. The summed E-state index contributed by atoms with van der Waals surface area (Å²) in [5, 5.41) is 15.2. The zero-order valence-electron chi connectivity index (χ0n) is 13.1. The number of nitrogens with one attached hydrogen (secondary N) is 2. The van der Waals surface area contributed by atoms with Gasteiger partial charge in [-0.25, -0.2) is 0 Å². The van der Waals surface area contributed by atoms with Gasteiger partial charge in [0.1, 0.15) is 11.6 Å². The fraction of sp³-hybridized carbons (Fsp3) is 0.111. The Kier molecular flexibility index (Phi) is 5.83. The SMILES string of the molecule is CC(NC(=O)/C(C#N)=C\Nc1ccc(N)c(Cl)c1)c1ccccc1. The number of nitriles is 1. The Balaban J connectivity index is 2.05. The summed E-state index contributed by atoms with van der Waals surface area (Å²) in [7, 11) is 0. The van der Waals surface area contributed by atoms with Crippen LogP contribution in [0.1, 0.15) is 18.5 Å². The van der Waals surface area contributed by atoms with Gasteiger partial charge >= 0.3 is 0 Å². The number of amides is 1. The van der Waals surface area contributed by atoms with Crippen molar-refractivity contribution in [2.75, 3.05) is 11.1 Å². The average Bonchev–Trinajstić information content (AvgIpc) is 2.59. The predicted octanol–water partition coefficient (Wildman–Crippen LogP) is 3.62. The van der Waals surface area contributed by atoms with Crippen LogP contribution in [0.5, 0.6) is 0 Å². The molecule has 4 N–H and O–H groups in total. The number of nitrogen functional groups attached to an aromatic ring is 1. The molecule has 0 saturated carbocycles. The van der Waals surface area contributed by atoms with E-state index in [-0.39, 0.29) is 11.6 Å². The normalized spacial score (nSPS) is 12.1. The van der Waals surface area contributed by atoms with Gasteiger partial charge in [0.05, 0.1) is 16.8 Å². The second-order valence-corrected chi connectivity index (χ2v) is 5.56. The molecule has 0 bridgehead atoms. The monoisotopic (exact) mass is 340 g/mol. The van der Waals surface area contributed by atoms with E-state index in [1.165, 1.54) is 6.20 Å². The highest BCUT2D eigenvalue weighted by Crippen LogP contribution is 2.22. The smallest absolute Gasteiger partial charge is 0.263 e. The van der Waals surface area contributed by atoms with Gasteiger partial charge in [-0.05, 0) is 30.7 Å². The molecule has 2 aromatic carbocycles. The Morgan fingerprint density at radius 2 is 2.00 bits per heavy atom. The maximum atomic E-state index is 12.2. The van der Waals surface area contributed by atoms with Crippen LogP contribution in [0.15, 0.2) is 60.3 Å². The number of hydrogen-bond acceptors (Lipinski definition) is 4. The van der Waals surface area contributed by atoms with Crippen LogP contribution in [0.4, 0.5) is 11.4 Å². The third kappa shape index (κ3) is 4.51. The zero-order chi connectivity index (χ0) is 17.5. The maximum absolute atomic E-state index is 12.2. The van der Waals surface area contributed by atoms with Crippen molar-refractivity contribution in [1.82, 2.24) is 5.32 Å². The van der Waals surface area contributed by atoms with Crippen LogP contribution < -0.4 is 16.4 Å². The lowest BCUT2D eigenvalue weighted by Crippen LogP contribution is -2.28. The maximum Gasteiger partial charge on any atom is 0.263 e. The first-order chi connectivity index (χ1) is 11.5. The lowest BCUT2D eigenvalue weighted by atomic mass is 10.1. The van der Waals surface area contributed by atoms with Gasteiger partial charge in [-0.15, -0.1) is 0 Å². The number of carbonyl (C=O) groups is 1. The lowest BCUT2D eigenvalue weighted by molar-refractivity contribution is -0.117. The number of nitrogens with two attached hydrogens (primary N) is 1. The largest absolute Gasteiger partial charge is 0.398 e. The number of carbonyl (C=O) groups excluding carboxylic acids is 1. The van der Waals surface area contributed by atoms with E-state index in [1.54, 1.807) is 18.2 Å². The molecule has 5 nitrogen and oxygen atoms in total. The molecule has 24 heavy (non-hydrogen) atoms. The van der Waals surface area contributed by atoms with E-state index in [2.05, 4.69) is 10.6 Å². The van der Waals surface area contributed by atoms with Crippen molar-refractivity contribution >= 4 is 28.9 Å². The van der Waals surface area contributed by atoms with Crippen LogP contribution in [0, 0.1) is 11.3 Å². The van der Waals surface area contributed by atoms with E-state index < -0.39 is 5.91 Å². The standard InChI is InChI=1S/C18H17ClN4O/c1-12(13-5-3-2-4-6-13)23-18(24)14(10-20)11-22-15-7-8-17(21)16(19)9-15/h2-9,11-12,22H,21H2,1H3,(H,23,24)/b14-11-. The Bertz CT molecular complexity index is 796. The van der Waals surface area contributed by atoms with E-state index in [0.29, 0.717) is 16.4 Å². The van der Waals surface area contributed by atoms with E-state index in [9.17, 15) is 10.1 Å². The van der Waals surface area contributed by atoms with Crippen molar-refractivity contribution in [2.24, 2.45) is 0 Å². The third-order valence-electron chi connectivity index (χ3n) is 3.40. The Labute approximate surface area is 145 Å². The number of benzene rings is 2. The van der Waals surface area contributed by atoms with Crippen molar-refractivity contribution in [2.45, 2.75) is 13.0 Å². The summed E-state index contributed by atoms with van der Waals surface area (Å²) in [4.78, 5) is 12.2. The number of nitrogens with zero attached hydrogens (tertiary/aromatic N) is 1. The summed E-state index contributed by atoms with van der Waals surface area (Å²) in [5.41, 5.74) is 7.65. The quantitative estimate of drug-likeness (QED) is 0.440. The van der Waals surface area contributed by atoms with Gasteiger partial charge in [-0.2, -0.15) is 5.26 Å². The summed E-state index contributed by atoms with van der Waals surface area (Å²) in [6.45, 7) is 1.86. The fourth-order valence-corrected chi connectivity index (χ4v) is 2.20. The molecule has 0 saturated heterocycles. The number of halogens is 1. The molecule has 0 aliphatic heterocycles. The molecule has 0 aromatic heterocycles. The number of hydrogen-bond donors (Lipinski definition) is 3. The second kappa shape index (κ2) is 8.04. The lowest BCUT2D eigenvalue weighted by Gasteiger charge is -2.13. The Hall–Kier alpha value is -2.97. The van der Waals surface area contributed by atoms with Crippen LogP contribution in [0.25, 0.3) is 0 Å². The summed E-state index contributed by atoms with van der Waals surface area (Å²) >= 11 is 5.93. The first-order valence-corrected chi connectivity index (χ1v) is 7.66. The minimum atomic E-state index is -0.456. The van der Waals surface area contributed by atoms with Crippen LogP contribution in [0.3, 0.4) is 0 Å². The van der Waals surface area contributed by atoms with Crippen molar-refractivity contribution in [3.05, 3.63) is 70.9 Å². The van der Waals surface area contributed by atoms with Crippen molar-refractivity contribution < 1.29 is 4.79 Å². The van der Waals surface area contributed by atoms with E-state index in [0.717, 1.165) is 5.56 Å². The van der Waals surface area contributed by atoms with E-state index in [1.807, 2.05) is 43.3 Å². The molecule has 2 aromatic rings. The van der Waals surface area contributed by atoms with Gasteiger partial charge in [0.2, 0.25) is 0 Å². The zero-order valence-corrected chi connectivity index (χ0v) is 13.8. The molecule has 0 heterocycles. The van der Waals surface area contributed by atoms with Crippen LogP contribution >= 0.6 is 11.6 Å². The van der Waals surface area contributed by atoms with E-state index >= 15 is 0 Å². The Morgan fingerprint density at radius 3 is 2.62 bits per heavy atom. The molecule has 0 aliphatic carbocycles. The van der Waals surface area contributed by atoms with Crippen molar-refractivity contribution in [1.29, 1.82) is 5.26 Å². The molecule has 0 spiro atoms. The minimum Gasteiger partial charge on any atom is -0.398 e. The summed E-state index contributed by atoms with van der Waals surface area (Å²) in [6.07, 6.45) is 1.34. The molecule has 0 aliphatic rings. The molecule has 1 unspecified atom stereocenters.